The van der Waals surface area contributed by atoms with Gasteiger partial charge in [0.2, 0.25) is 5.91 Å². The molecule has 5 rings (SSSR count). The van der Waals surface area contributed by atoms with Crippen LogP contribution < -0.4 is 10.1 Å². The van der Waals surface area contributed by atoms with Crippen molar-refractivity contribution in [2.24, 2.45) is 0 Å². The summed E-state index contributed by atoms with van der Waals surface area (Å²) in [6.07, 6.45) is 1.90. The Bertz CT molecular complexity index is 1540. The van der Waals surface area contributed by atoms with Gasteiger partial charge in [0.1, 0.15) is 11.6 Å². The van der Waals surface area contributed by atoms with E-state index in [2.05, 4.69) is 66.2 Å². The molecule has 0 bridgehead atoms. The van der Waals surface area contributed by atoms with E-state index >= 15 is 0 Å². The largest absolute Gasteiger partial charge is 0.493 e. The fourth-order valence-corrected chi connectivity index (χ4v) is 5.07. The van der Waals surface area contributed by atoms with Crippen LogP contribution in [-0.4, -0.2) is 28.6 Å². The summed E-state index contributed by atoms with van der Waals surface area (Å²) in [6.45, 7) is 6.36. The smallest absolute Gasteiger partial charge is 0.224 e. The van der Waals surface area contributed by atoms with Crippen molar-refractivity contribution in [3.05, 3.63) is 120 Å². The topological polar surface area (TPSA) is 56.1 Å². The first kappa shape index (κ1) is 27.2. The van der Waals surface area contributed by atoms with Crippen LogP contribution in [0.5, 0.6) is 5.75 Å². The average Bonchev–Trinajstić information content (AvgIpc) is 3.33. The molecule has 0 saturated carbocycles. The minimum atomic E-state index is 0.0207. The van der Waals surface area contributed by atoms with Crippen molar-refractivity contribution in [2.75, 3.05) is 13.2 Å². The number of hydrogen-bond acceptors (Lipinski definition) is 3. The van der Waals surface area contributed by atoms with Crippen LogP contribution in [0.3, 0.4) is 0 Å². The van der Waals surface area contributed by atoms with E-state index < -0.39 is 0 Å². The first-order valence-electron chi connectivity index (χ1n) is 14.2. The van der Waals surface area contributed by atoms with Crippen molar-refractivity contribution in [1.82, 2.24) is 14.9 Å². The van der Waals surface area contributed by atoms with Crippen LogP contribution in [0.4, 0.5) is 0 Å². The van der Waals surface area contributed by atoms with Crippen molar-refractivity contribution < 1.29 is 9.53 Å². The van der Waals surface area contributed by atoms with Gasteiger partial charge < -0.3 is 14.6 Å². The number of nitrogens with zero attached hydrogens (tertiary/aromatic N) is 2. The van der Waals surface area contributed by atoms with Gasteiger partial charge in [-0.1, -0.05) is 98.8 Å². The van der Waals surface area contributed by atoms with E-state index in [-0.39, 0.29) is 5.91 Å². The zero-order chi connectivity index (χ0) is 27.7. The van der Waals surface area contributed by atoms with E-state index in [9.17, 15) is 4.79 Å². The molecule has 0 aliphatic rings. The number of ether oxygens (including phenoxy) is 1. The average molecular weight is 532 g/mol. The van der Waals surface area contributed by atoms with Gasteiger partial charge in [-0.15, -0.1) is 0 Å². The molecular formula is C35H37N3O2. The van der Waals surface area contributed by atoms with Gasteiger partial charge in [-0.3, -0.25) is 4.79 Å². The monoisotopic (exact) mass is 531 g/mol. The molecule has 204 valence electrons. The van der Waals surface area contributed by atoms with Gasteiger partial charge in [0.05, 0.1) is 24.1 Å². The second kappa shape index (κ2) is 13.1. The third kappa shape index (κ3) is 6.78. The number of imidazole rings is 1. The predicted molar refractivity (Wildman–Crippen MR) is 163 cm³/mol. The molecule has 0 spiro atoms. The van der Waals surface area contributed by atoms with Gasteiger partial charge in [0.25, 0.3) is 0 Å². The van der Waals surface area contributed by atoms with Crippen LogP contribution in [0.2, 0.25) is 0 Å². The summed E-state index contributed by atoms with van der Waals surface area (Å²) < 4.78 is 8.42. The highest BCUT2D eigenvalue weighted by molar-refractivity contribution is 5.79. The maximum Gasteiger partial charge on any atom is 0.224 e. The van der Waals surface area contributed by atoms with Gasteiger partial charge in [-0.05, 0) is 52.8 Å². The molecule has 5 aromatic rings. The summed E-state index contributed by atoms with van der Waals surface area (Å²) in [4.78, 5) is 17.6. The number of nitrogens with one attached hydrogen (secondary N) is 1. The highest BCUT2D eigenvalue weighted by Crippen LogP contribution is 2.26. The minimum Gasteiger partial charge on any atom is -0.493 e. The summed E-state index contributed by atoms with van der Waals surface area (Å²) in [5.41, 5.74) is 6.66. The number of carbonyl (C=O) groups excluding carboxylic acids is 1. The van der Waals surface area contributed by atoms with E-state index in [4.69, 9.17) is 9.72 Å². The Morgan fingerprint density at radius 2 is 1.55 bits per heavy atom. The summed E-state index contributed by atoms with van der Waals surface area (Å²) in [5.74, 6) is 2.39. The molecule has 40 heavy (non-hydrogen) atoms. The lowest BCUT2D eigenvalue weighted by atomic mass is 10.0. The van der Waals surface area contributed by atoms with Gasteiger partial charge in [0, 0.05) is 19.5 Å². The molecule has 0 aliphatic heterocycles. The molecule has 1 amide bonds. The Hall–Kier alpha value is -4.38. The third-order valence-electron chi connectivity index (χ3n) is 7.15. The van der Waals surface area contributed by atoms with Crippen LogP contribution >= 0.6 is 0 Å². The third-order valence-corrected chi connectivity index (χ3v) is 7.15. The van der Waals surface area contributed by atoms with E-state index in [1.54, 1.807) is 0 Å². The molecule has 5 heteroatoms. The Morgan fingerprint density at radius 3 is 2.35 bits per heavy atom. The Balaban J connectivity index is 1.15. The molecule has 1 aromatic heterocycles. The first-order valence-corrected chi connectivity index (χ1v) is 14.2. The number of benzene rings is 4. The molecular weight excluding hydrogens is 494 g/mol. The van der Waals surface area contributed by atoms with Crippen molar-refractivity contribution in [3.63, 3.8) is 0 Å². The molecule has 0 radical (unpaired) electrons. The van der Waals surface area contributed by atoms with Crippen molar-refractivity contribution in [2.45, 2.75) is 45.6 Å². The predicted octanol–water partition coefficient (Wildman–Crippen LogP) is 7.20. The van der Waals surface area contributed by atoms with E-state index in [1.807, 2.05) is 60.7 Å². The molecule has 1 N–H and O–H groups in total. The van der Waals surface area contributed by atoms with Crippen LogP contribution in [-0.2, 0) is 24.2 Å². The Labute approximate surface area is 236 Å². The summed E-state index contributed by atoms with van der Waals surface area (Å²) in [5, 5.41) is 3.09. The van der Waals surface area contributed by atoms with Gasteiger partial charge in [-0.2, -0.15) is 0 Å². The molecule has 4 aromatic carbocycles. The zero-order valence-corrected chi connectivity index (χ0v) is 23.3. The summed E-state index contributed by atoms with van der Waals surface area (Å²) in [6, 6.07) is 35.0. The van der Waals surface area contributed by atoms with Crippen LogP contribution in [0.15, 0.2) is 103 Å². The first-order chi connectivity index (χ1) is 19.6. The standard InChI is InChI=1S/C35H37N3O2/c1-26(2)30-13-6-9-16-33(30)40-24-10-23-38-32-15-8-7-14-31(32)37-34(38)21-22-36-35(39)25-27-17-19-29(20-18-27)28-11-4-3-5-12-28/h3-9,11-20,26H,10,21-25H2,1-2H3,(H,36,39). The number of amides is 1. The number of hydrogen-bond donors (Lipinski definition) is 1. The van der Waals surface area contributed by atoms with Gasteiger partial charge in [0.15, 0.2) is 0 Å². The minimum absolute atomic E-state index is 0.0207. The second-order valence-electron chi connectivity index (χ2n) is 10.4. The lowest BCUT2D eigenvalue weighted by Gasteiger charge is -2.14. The normalized spacial score (nSPS) is 11.2. The number of fused-ring (bicyclic) bond motifs is 1. The molecule has 0 unspecified atom stereocenters. The Kier molecular flexibility index (Phi) is 8.92. The number of para-hydroxylation sites is 3. The number of carbonyl (C=O) groups is 1. The number of aryl methyl sites for hydroxylation is 1. The lowest BCUT2D eigenvalue weighted by molar-refractivity contribution is -0.120. The fourth-order valence-electron chi connectivity index (χ4n) is 5.07. The van der Waals surface area contributed by atoms with E-state index in [1.165, 1.54) is 11.1 Å². The maximum absolute atomic E-state index is 12.7. The Morgan fingerprint density at radius 1 is 0.850 bits per heavy atom. The zero-order valence-electron chi connectivity index (χ0n) is 23.3. The van der Waals surface area contributed by atoms with E-state index in [0.717, 1.165) is 46.7 Å². The molecule has 0 atom stereocenters. The molecule has 0 saturated heterocycles. The van der Waals surface area contributed by atoms with Gasteiger partial charge in [-0.25, -0.2) is 4.98 Å². The fraction of sp³-hybridized carbons (Fsp3) is 0.257. The quantitative estimate of drug-likeness (QED) is 0.173. The van der Waals surface area contributed by atoms with Crippen LogP contribution in [0, 0.1) is 0 Å². The highest BCUT2D eigenvalue weighted by atomic mass is 16.5. The second-order valence-corrected chi connectivity index (χ2v) is 10.4. The van der Waals surface area contributed by atoms with Crippen LogP contribution in [0.1, 0.15) is 43.1 Å². The highest BCUT2D eigenvalue weighted by Gasteiger charge is 2.12. The molecule has 0 aliphatic carbocycles. The summed E-state index contributed by atoms with van der Waals surface area (Å²) in [7, 11) is 0. The maximum atomic E-state index is 12.7. The van der Waals surface area contributed by atoms with Crippen LogP contribution in [0.25, 0.3) is 22.2 Å². The van der Waals surface area contributed by atoms with Crippen molar-refractivity contribution in [1.29, 1.82) is 0 Å². The summed E-state index contributed by atoms with van der Waals surface area (Å²) >= 11 is 0. The SMILES string of the molecule is CC(C)c1ccccc1OCCCn1c(CCNC(=O)Cc2ccc(-c3ccccc3)cc2)nc2ccccc21. The lowest BCUT2D eigenvalue weighted by Crippen LogP contribution is -2.28. The van der Waals surface area contributed by atoms with Crippen molar-refractivity contribution >= 4 is 16.9 Å². The molecule has 1 heterocycles. The molecule has 0 fully saturated rings. The van der Waals surface area contributed by atoms with E-state index in [0.29, 0.717) is 31.9 Å². The van der Waals surface area contributed by atoms with Crippen molar-refractivity contribution in [3.8, 4) is 16.9 Å². The number of rotatable bonds is 12. The van der Waals surface area contributed by atoms with Gasteiger partial charge >= 0.3 is 0 Å². The number of aromatic nitrogens is 2. The molecule has 5 nitrogen and oxygen atoms in total.